The first-order chi connectivity index (χ1) is 8.66. The van der Waals surface area contributed by atoms with Crippen LogP contribution >= 0.6 is 0 Å². The van der Waals surface area contributed by atoms with Crippen molar-refractivity contribution in [2.75, 3.05) is 0 Å². The zero-order valence-corrected chi connectivity index (χ0v) is 9.48. The van der Waals surface area contributed by atoms with Crippen molar-refractivity contribution in [2.45, 2.75) is 6.29 Å². The number of aliphatic hydroxyl groups excluding tert-OH is 1. The molecule has 18 heavy (non-hydrogen) atoms. The second kappa shape index (κ2) is 5.33. The van der Waals surface area contributed by atoms with Crippen LogP contribution in [0.4, 0.5) is 0 Å². The van der Waals surface area contributed by atoms with Crippen molar-refractivity contribution < 1.29 is 19.7 Å². The fraction of sp³-hybridized carbons (Fsp3) is 0.0714. The summed E-state index contributed by atoms with van der Waals surface area (Å²) in [5.74, 6) is -0.112. The lowest BCUT2D eigenvalue weighted by atomic mass is 10.1. The molecule has 2 rings (SSSR count). The van der Waals surface area contributed by atoms with Gasteiger partial charge in [0.1, 0.15) is 11.5 Å². The molecule has 0 saturated carbocycles. The lowest BCUT2D eigenvalue weighted by molar-refractivity contribution is -0.00296. The summed E-state index contributed by atoms with van der Waals surface area (Å²) in [5, 5.41) is 18.8. The van der Waals surface area contributed by atoms with Gasteiger partial charge in [0.15, 0.2) is 0 Å². The molecule has 0 heterocycles. The predicted octanol–water partition coefficient (Wildman–Crippen LogP) is 1.97. The molecule has 0 aliphatic rings. The molecule has 92 valence electrons. The Morgan fingerprint density at radius 1 is 1.00 bits per heavy atom. The molecular weight excluding hydrogens is 232 g/mol. The summed E-state index contributed by atoms with van der Waals surface area (Å²) in [6.45, 7) is 0. The van der Waals surface area contributed by atoms with Gasteiger partial charge >= 0.3 is 0 Å². The molecular formula is C14H12O4. The number of carbonyl (C=O) groups is 1. The number of hydrogen-bond acceptors (Lipinski definition) is 4. The van der Waals surface area contributed by atoms with Gasteiger partial charge in [-0.25, -0.2) is 0 Å². The highest BCUT2D eigenvalue weighted by Gasteiger charge is 2.18. The molecule has 2 N–H and O–H groups in total. The first-order valence-corrected chi connectivity index (χ1v) is 5.40. The minimum absolute atomic E-state index is 0.0891. The van der Waals surface area contributed by atoms with E-state index >= 15 is 0 Å². The van der Waals surface area contributed by atoms with Gasteiger partial charge in [0.05, 0.1) is 0 Å². The minimum Gasteiger partial charge on any atom is -0.508 e. The topological polar surface area (TPSA) is 66.8 Å². The summed E-state index contributed by atoms with van der Waals surface area (Å²) in [6.07, 6.45) is -1.56. The second-order valence-electron chi connectivity index (χ2n) is 3.69. The van der Waals surface area contributed by atoms with Crippen LogP contribution in [-0.4, -0.2) is 22.3 Å². The number of rotatable bonds is 4. The Bertz CT molecular complexity index is 519. The maximum Gasteiger partial charge on any atom is 0.262 e. The van der Waals surface area contributed by atoms with Gasteiger partial charge in [0.2, 0.25) is 5.78 Å². The van der Waals surface area contributed by atoms with Gasteiger partial charge in [-0.05, 0) is 24.3 Å². The molecule has 0 fully saturated rings. The first kappa shape index (κ1) is 12.1. The minimum atomic E-state index is -1.56. The third-order valence-corrected chi connectivity index (χ3v) is 2.37. The quantitative estimate of drug-likeness (QED) is 0.637. The van der Waals surface area contributed by atoms with Crippen LogP contribution in [0.5, 0.6) is 11.5 Å². The van der Waals surface area contributed by atoms with Crippen molar-refractivity contribution in [1.82, 2.24) is 0 Å². The molecule has 2 aromatic carbocycles. The summed E-state index contributed by atoms with van der Waals surface area (Å²) >= 11 is 0. The van der Waals surface area contributed by atoms with E-state index in [4.69, 9.17) is 9.84 Å². The maximum atomic E-state index is 11.8. The molecule has 1 atom stereocenters. The highest BCUT2D eigenvalue weighted by atomic mass is 16.6. The molecule has 0 aliphatic carbocycles. The third kappa shape index (κ3) is 2.87. The van der Waals surface area contributed by atoms with E-state index in [1.807, 2.05) is 0 Å². The first-order valence-electron chi connectivity index (χ1n) is 5.40. The lowest BCUT2D eigenvalue weighted by Crippen LogP contribution is -2.26. The Kier molecular flexibility index (Phi) is 3.60. The highest BCUT2D eigenvalue weighted by Crippen LogP contribution is 2.17. The number of phenols is 1. The van der Waals surface area contributed by atoms with Gasteiger partial charge in [-0.1, -0.05) is 30.3 Å². The molecule has 2 aromatic rings. The molecule has 0 aromatic heterocycles. The number of ether oxygens (including phenoxy) is 1. The summed E-state index contributed by atoms with van der Waals surface area (Å²) in [6, 6.07) is 14.2. The van der Waals surface area contributed by atoms with Crippen LogP contribution < -0.4 is 4.74 Å². The Labute approximate surface area is 104 Å². The number of benzene rings is 2. The van der Waals surface area contributed by atoms with E-state index in [-0.39, 0.29) is 5.75 Å². The molecule has 0 saturated heterocycles. The van der Waals surface area contributed by atoms with Gasteiger partial charge in [0, 0.05) is 5.56 Å². The maximum absolute atomic E-state index is 11.8. The fourth-order valence-electron chi connectivity index (χ4n) is 1.45. The number of aliphatic hydroxyl groups is 1. The molecule has 0 bridgehead atoms. The average molecular weight is 244 g/mol. The Morgan fingerprint density at radius 3 is 2.22 bits per heavy atom. The standard InChI is InChI=1S/C14H12O4/c15-11-6-8-12(9-7-11)18-14(17)13(16)10-4-2-1-3-5-10/h1-9,14-15,17H. The number of aromatic hydroxyl groups is 1. The predicted molar refractivity (Wildman–Crippen MR) is 65.5 cm³/mol. The van der Waals surface area contributed by atoms with E-state index < -0.39 is 12.1 Å². The normalized spacial score (nSPS) is 11.8. The van der Waals surface area contributed by atoms with Crippen LogP contribution in [0.2, 0.25) is 0 Å². The van der Waals surface area contributed by atoms with Crippen molar-refractivity contribution >= 4 is 5.78 Å². The van der Waals surface area contributed by atoms with Crippen molar-refractivity contribution in [3.05, 3.63) is 60.2 Å². The summed E-state index contributed by atoms with van der Waals surface area (Å²) in [4.78, 5) is 11.8. The Balaban J connectivity index is 2.06. The van der Waals surface area contributed by atoms with Crippen LogP contribution in [0.25, 0.3) is 0 Å². The van der Waals surface area contributed by atoms with E-state index in [0.717, 1.165) is 0 Å². The van der Waals surface area contributed by atoms with Crippen LogP contribution in [0.1, 0.15) is 10.4 Å². The van der Waals surface area contributed by atoms with Gasteiger partial charge in [-0.15, -0.1) is 0 Å². The Morgan fingerprint density at radius 2 is 1.61 bits per heavy atom. The van der Waals surface area contributed by atoms with E-state index in [9.17, 15) is 9.90 Å². The van der Waals surface area contributed by atoms with E-state index in [0.29, 0.717) is 11.3 Å². The summed E-state index contributed by atoms with van der Waals surface area (Å²) < 4.78 is 5.08. The Hall–Kier alpha value is -2.33. The van der Waals surface area contributed by atoms with Crippen molar-refractivity contribution in [1.29, 1.82) is 0 Å². The van der Waals surface area contributed by atoms with Gasteiger partial charge in [-0.3, -0.25) is 4.79 Å². The average Bonchev–Trinajstić information content (AvgIpc) is 2.41. The molecule has 0 radical (unpaired) electrons. The van der Waals surface area contributed by atoms with Gasteiger partial charge in [0.25, 0.3) is 6.29 Å². The van der Waals surface area contributed by atoms with Crippen molar-refractivity contribution in [3.63, 3.8) is 0 Å². The molecule has 0 aliphatic heterocycles. The van der Waals surface area contributed by atoms with Crippen LogP contribution in [0, 0.1) is 0 Å². The van der Waals surface area contributed by atoms with Crippen LogP contribution in [0.3, 0.4) is 0 Å². The monoisotopic (exact) mass is 244 g/mol. The number of Topliss-reactive ketones (excluding diaryl/α,β-unsaturated/α-hetero) is 1. The smallest absolute Gasteiger partial charge is 0.262 e. The molecule has 0 amide bonds. The van der Waals surface area contributed by atoms with E-state index in [2.05, 4.69) is 0 Å². The van der Waals surface area contributed by atoms with E-state index in [1.165, 1.54) is 24.3 Å². The van der Waals surface area contributed by atoms with Crippen LogP contribution in [0.15, 0.2) is 54.6 Å². The molecule has 0 spiro atoms. The molecule has 4 heteroatoms. The third-order valence-electron chi connectivity index (χ3n) is 2.37. The lowest BCUT2D eigenvalue weighted by Gasteiger charge is -2.12. The van der Waals surface area contributed by atoms with Gasteiger partial charge < -0.3 is 14.9 Å². The highest BCUT2D eigenvalue weighted by molar-refractivity contribution is 5.98. The number of hydrogen-bond donors (Lipinski definition) is 2. The van der Waals surface area contributed by atoms with Crippen molar-refractivity contribution in [3.8, 4) is 11.5 Å². The molecule has 1 unspecified atom stereocenters. The van der Waals surface area contributed by atoms with Crippen molar-refractivity contribution in [2.24, 2.45) is 0 Å². The second-order valence-corrected chi connectivity index (χ2v) is 3.69. The summed E-state index contributed by atoms with van der Waals surface area (Å²) in [7, 11) is 0. The molecule has 4 nitrogen and oxygen atoms in total. The number of ketones is 1. The van der Waals surface area contributed by atoms with Crippen LogP contribution in [-0.2, 0) is 0 Å². The van der Waals surface area contributed by atoms with Gasteiger partial charge in [-0.2, -0.15) is 0 Å². The summed E-state index contributed by atoms with van der Waals surface area (Å²) in [5.41, 5.74) is 0.378. The largest absolute Gasteiger partial charge is 0.508 e. The number of carbonyl (C=O) groups excluding carboxylic acids is 1. The number of phenolic OH excluding ortho intramolecular Hbond substituents is 1. The van der Waals surface area contributed by atoms with E-state index in [1.54, 1.807) is 30.3 Å². The SMILES string of the molecule is O=C(c1ccccc1)C(O)Oc1ccc(O)cc1. The zero-order valence-electron chi connectivity index (χ0n) is 9.48. The zero-order chi connectivity index (χ0) is 13.0. The fourth-order valence-corrected chi connectivity index (χ4v) is 1.45.